The molecule has 0 bridgehead atoms. The summed E-state index contributed by atoms with van der Waals surface area (Å²) in [6, 6.07) is 4.08. The van der Waals surface area contributed by atoms with Crippen molar-refractivity contribution in [2.75, 3.05) is 19.0 Å². The van der Waals surface area contributed by atoms with Crippen molar-refractivity contribution >= 4 is 11.7 Å². The highest BCUT2D eigenvalue weighted by molar-refractivity contribution is 5.98. The van der Waals surface area contributed by atoms with Gasteiger partial charge >= 0.3 is 0 Å². The highest BCUT2D eigenvalue weighted by Crippen LogP contribution is 2.27. The van der Waals surface area contributed by atoms with Gasteiger partial charge in [-0.15, -0.1) is 0 Å². The first-order valence-corrected chi connectivity index (χ1v) is 8.78. The number of aryl methyl sites for hydroxylation is 1. The molecule has 7 nitrogen and oxygen atoms in total. The molecule has 0 spiro atoms. The van der Waals surface area contributed by atoms with Crippen molar-refractivity contribution in [1.29, 1.82) is 0 Å². The molecule has 134 valence electrons. The van der Waals surface area contributed by atoms with Crippen LogP contribution in [-0.4, -0.2) is 46.1 Å². The standard InChI is InChI=1S/C18H25N5O2/c1-13-20-16(25-21-13)12-22(2)18(24)15-10-7-11-19-17(15)23(3)14-8-5-4-6-9-14/h7,10-11,14H,4-6,8-9,12H2,1-3H3. The van der Waals surface area contributed by atoms with Gasteiger partial charge in [0.15, 0.2) is 5.82 Å². The van der Waals surface area contributed by atoms with Crippen LogP contribution in [-0.2, 0) is 6.54 Å². The quantitative estimate of drug-likeness (QED) is 0.831. The van der Waals surface area contributed by atoms with E-state index in [2.05, 4.69) is 20.0 Å². The zero-order valence-electron chi connectivity index (χ0n) is 15.1. The largest absolute Gasteiger partial charge is 0.356 e. The Balaban J connectivity index is 1.77. The van der Waals surface area contributed by atoms with Crippen LogP contribution in [0.15, 0.2) is 22.9 Å². The van der Waals surface area contributed by atoms with Crippen LogP contribution < -0.4 is 4.90 Å². The van der Waals surface area contributed by atoms with Crippen molar-refractivity contribution in [3.63, 3.8) is 0 Å². The Hall–Kier alpha value is -2.44. The highest BCUT2D eigenvalue weighted by Gasteiger charge is 2.25. The topological polar surface area (TPSA) is 75.4 Å². The predicted octanol–water partition coefficient (Wildman–Crippen LogP) is 2.81. The number of hydrogen-bond acceptors (Lipinski definition) is 6. The minimum atomic E-state index is -0.0957. The number of aromatic nitrogens is 3. The molecule has 3 rings (SSSR count). The van der Waals surface area contributed by atoms with E-state index in [0.717, 1.165) is 18.7 Å². The van der Waals surface area contributed by atoms with Gasteiger partial charge in [-0.05, 0) is 31.9 Å². The van der Waals surface area contributed by atoms with Gasteiger partial charge in [-0.3, -0.25) is 4.79 Å². The maximum absolute atomic E-state index is 12.9. The minimum Gasteiger partial charge on any atom is -0.356 e. The fraction of sp³-hybridized carbons (Fsp3) is 0.556. The summed E-state index contributed by atoms with van der Waals surface area (Å²) >= 11 is 0. The summed E-state index contributed by atoms with van der Waals surface area (Å²) in [6.45, 7) is 2.04. The molecule has 2 heterocycles. The third-order valence-corrected chi connectivity index (χ3v) is 4.76. The van der Waals surface area contributed by atoms with E-state index in [-0.39, 0.29) is 12.5 Å². The van der Waals surface area contributed by atoms with Crippen LogP contribution in [0, 0.1) is 6.92 Å². The van der Waals surface area contributed by atoms with Crippen LogP contribution in [0.5, 0.6) is 0 Å². The van der Waals surface area contributed by atoms with E-state index < -0.39 is 0 Å². The Morgan fingerprint density at radius 1 is 1.28 bits per heavy atom. The van der Waals surface area contributed by atoms with Gasteiger partial charge in [0.1, 0.15) is 5.82 Å². The van der Waals surface area contributed by atoms with Gasteiger partial charge in [0.2, 0.25) is 5.89 Å². The molecule has 0 aromatic carbocycles. The Morgan fingerprint density at radius 2 is 2.04 bits per heavy atom. The van der Waals surface area contributed by atoms with Gasteiger partial charge in [0, 0.05) is 26.3 Å². The lowest BCUT2D eigenvalue weighted by molar-refractivity contribution is 0.0769. The fourth-order valence-electron chi connectivity index (χ4n) is 3.37. The molecule has 0 unspecified atom stereocenters. The second-order valence-corrected chi connectivity index (χ2v) is 6.67. The number of pyridine rings is 1. The van der Waals surface area contributed by atoms with Crippen molar-refractivity contribution in [3.8, 4) is 0 Å². The summed E-state index contributed by atoms with van der Waals surface area (Å²) in [5.74, 6) is 1.64. The van der Waals surface area contributed by atoms with Gasteiger partial charge in [-0.2, -0.15) is 4.98 Å². The molecule has 25 heavy (non-hydrogen) atoms. The lowest BCUT2D eigenvalue weighted by atomic mass is 9.94. The summed E-state index contributed by atoms with van der Waals surface area (Å²) in [5.41, 5.74) is 0.606. The molecule has 2 aromatic heterocycles. The van der Waals surface area contributed by atoms with Crippen molar-refractivity contribution < 1.29 is 9.32 Å². The molecular weight excluding hydrogens is 318 g/mol. The molecule has 0 saturated heterocycles. The van der Waals surface area contributed by atoms with E-state index in [4.69, 9.17) is 4.52 Å². The molecule has 1 fully saturated rings. The molecule has 1 saturated carbocycles. The number of anilines is 1. The zero-order chi connectivity index (χ0) is 17.8. The average Bonchev–Trinajstić information content (AvgIpc) is 3.06. The molecule has 2 aromatic rings. The first kappa shape index (κ1) is 17.4. The van der Waals surface area contributed by atoms with Crippen LogP contribution in [0.25, 0.3) is 0 Å². The molecule has 1 aliphatic rings. The summed E-state index contributed by atoms with van der Waals surface area (Å²) in [5, 5.41) is 3.76. The van der Waals surface area contributed by atoms with Gasteiger partial charge in [0.05, 0.1) is 12.1 Å². The van der Waals surface area contributed by atoms with Gasteiger partial charge < -0.3 is 14.3 Å². The monoisotopic (exact) mass is 343 g/mol. The summed E-state index contributed by atoms with van der Waals surface area (Å²) in [4.78, 5) is 25.3. The molecular formula is C18H25N5O2. The SMILES string of the molecule is Cc1noc(CN(C)C(=O)c2cccnc2N(C)C2CCCCC2)n1. The smallest absolute Gasteiger partial charge is 0.257 e. The maximum Gasteiger partial charge on any atom is 0.257 e. The summed E-state index contributed by atoms with van der Waals surface area (Å²) in [6.07, 6.45) is 7.82. The third kappa shape index (κ3) is 3.97. The first-order valence-electron chi connectivity index (χ1n) is 8.78. The van der Waals surface area contributed by atoms with E-state index in [1.54, 1.807) is 31.1 Å². The molecule has 0 aliphatic heterocycles. The van der Waals surface area contributed by atoms with Crippen LogP contribution in [0.2, 0.25) is 0 Å². The molecule has 0 atom stereocenters. The second kappa shape index (κ2) is 7.63. The van der Waals surface area contributed by atoms with E-state index in [1.807, 2.05) is 13.1 Å². The number of carbonyl (C=O) groups is 1. The number of nitrogens with zero attached hydrogens (tertiary/aromatic N) is 5. The average molecular weight is 343 g/mol. The van der Waals surface area contributed by atoms with E-state index in [9.17, 15) is 4.79 Å². The maximum atomic E-state index is 12.9. The molecule has 7 heteroatoms. The zero-order valence-corrected chi connectivity index (χ0v) is 15.1. The van der Waals surface area contributed by atoms with Crippen molar-refractivity contribution in [3.05, 3.63) is 35.6 Å². The summed E-state index contributed by atoms with van der Waals surface area (Å²) < 4.78 is 5.11. The Kier molecular flexibility index (Phi) is 5.31. The van der Waals surface area contributed by atoms with Crippen LogP contribution in [0.3, 0.4) is 0 Å². The minimum absolute atomic E-state index is 0.0957. The molecule has 1 amide bonds. The molecule has 1 aliphatic carbocycles. The fourth-order valence-corrected chi connectivity index (χ4v) is 3.37. The van der Waals surface area contributed by atoms with Gasteiger partial charge in [-0.25, -0.2) is 4.98 Å². The Morgan fingerprint density at radius 3 is 2.72 bits per heavy atom. The van der Waals surface area contributed by atoms with Gasteiger partial charge in [-0.1, -0.05) is 24.4 Å². The first-order chi connectivity index (χ1) is 12.1. The lowest BCUT2D eigenvalue weighted by Gasteiger charge is -2.33. The lowest BCUT2D eigenvalue weighted by Crippen LogP contribution is -2.36. The van der Waals surface area contributed by atoms with Crippen LogP contribution in [0.1, 0.15) is 54.2 Å². The van der Waals surface area contributed by atoms with Crippen molar-refractivity contribution in [1.82, 2.24) is 20.0 Å². The highest BCUT2D eigenvalue weighted by atomic mass is 16.5. The van der Waals surface area contributed by atoms with E-state index >= 15 is 0 Å². The molecule has 0 N–H and O–H groups in total. The van der Waals surface area contributed by atoms with Crippen molar-refractivity contribution in [2.45, 2.75) is 51.6 Å². The Labute approximate surface area is 148 Å². The summed E-state index contributed by atoms with van der Waals surface area (Å²) in [7, 11) is 3.77. The van der Waals surface area contributed by atoms with Crippen LogP contribution >= 0.6 is 0 Å². The molecule has 0 radical (unpaired) electrons. The van der Waals surface area contributed by atoms with Crippen LogP contribution in [0.4, 0.5) is 5.82 Å². The second-order valence-electron chi connectivity index (χ2n) is 6.67. The number of amides is 1. The number of carbonyl (C=O) groups excluding carboxylic acids is 1. The third-order valence-electron chi connectivity index (χ3n) is 4.76. The number of hydrogen-bond donors (Lipinski definition) is 0. The van der Waals surface area contributed by atoms with Gasteiger partial charge in [0.25, 0.3) is 5.91 Å². The van der Waals surface area contributed by atoms with E-state index in [0.29, 0.717) is 23.3 Å². The normalized spacial score (nSPS) is 15.2. The number of rotatable bonds is 5. The van der Waals surface area contributed by atoms with Crippen molar-refractivity contribution in [2.24, 2.45) is 0 Å². The van der Waals surface area contributed by atoms with E-state index in [1.165, 1.54) is 19.3 Å². The predicted molar refractivity (Wildman–Crippen MR) is 94.3 cm³/mol. The Bertz CT molecular complexity index is 724.